The van der Waals surface area contributed by atoms with E-state index >= 15 is 0 Å². The lowest BCUT2D eigenvalue weighted by molar-refractivity contribution is -0.384. The van der Waals surface area contributed by atoms with Crippen LogP contribution in [0.5, 0.6) is 0 Å². The van der Waals surface area contributed by atoms with Crippen LogP contribution in [0.1, 0.15) is 25.5 Å². The number of hydrogen-bond donors (Lipinski definition) is 1. The van der Waals surface area contributed by atoms with Crippen LogP contribution in [0.3, 0.4) is 0 Å². The van der Waals surface area contributed by atoms with Crippen LogP contribution in [0, 0.1) is 16.0 Å². The highest BCUT2D eigenvalue weighted by Crippen LogP contribution is 2.45. The molecule has 1 aliphatic rings. The van der Waals surface area contributed by atoms with E-state index in [4.69, 9.17) is 0 Å². The van der Waals surface area contributed by atoms with Gasteiger partial charge in [-0.1, -0.05) is 26.0 Å². The van der Waals surface area contributed by atoms with Crippen LogP contribution in [0.2, 0.25) is 0 Å². The number of hydrogen-bond acceptors (Lipinski definition) is 4. The molecular weight excluding hydrogens is 208 g/mol. The first-order valence-corrected chi connectivity index (χ1v) is 5.24. The lowest BCUT2D eigenvalue weighted by Crippen LogP contribution is -2.02. The van der Waals surface area contributed by atoms with Crippen molar-refractivity contribution in [3.8, 4) is 0 Å². The summed E-state index contributed by atoms with van der Waals surface area (Å²) in [6, 6.07) is 6.46. The van der Waals surface area contributed by atoms with Crippen molar-refractivity contribution in [1.29, 1.82) is 0 Å². The highest BCUT2D eigenvalue weighted by atomic mass is 16.6. The third kappa shape index (κ3) is 1.79. The largest absolute Gasteiger partial charge is 0.313 e. The average Bonchev–Trinajstić information content (AvgIpc) is 2.90. The second-order valence-corrected chi connectivity index (χ2v) is 4.41. The smallest absolute Gasteiger partial charge is 0.269 e. The summed E-state index contributed by atoms with van der Waals surface area (Å²) < 4.78 is 0. The zero-order valence-corrected chi connectivity index (χ0v) is 9.20. The molecule has 5 heteroatoms. The molecule has 0 saturated carbocycles. The molecule has 1 heterocycles. The van der Waals surface area contributed by atoms with Crippen molar-refractivity contribution in [1.82, 2.24) is 5.06 Å². The first-order valence-electron chi connectivity index (χ1n) is 5.24. The quantitative estimate of drug-likeness (QED) is 0.484. The van der Waals surface area contributed by atoms with Gasteiger partial charge in [-0.25, -0.2) is 0 Å². The van der Waals surface area contributed by atoms with Gasteiger partial charge >= 0.3 is 0 Å². The Labute approximate surface area is 93.4 Å². The molecule has 1 aromatic rings. The third-order valence-electron chi connectivity index (χ3n) is 2.95. The first kappa shape index (κ1) is 11.0. The van der Waals surface area contributed by atoms with E-state index in [2.05, 4.69) is 0 Å². The Bertz CT molecular complexity index is 402. The van der Waals surface area contributed by atoms with Gasteiger partial charge in [0.1, 0.15) is 0 Å². The number of nitro benzene ring substituents is 1. The van der Waals surface area contributed by atoms with Crippen molar-refractivity contribution in [2.24, 2.45) is 5.92 Å². The van der Waals surface area contributed by atoms with Gasteiger partial charge in [-0.2, -0.15) is 5.06 Å². The van der Waals surface area contributed by atoms with Gasteiger partial charge in [0.15, 0.2) is 0 Å². The maximum Gasteiger partial charge on any atom is 0.269 e. The first-order chi connectivity index (χ1) is 7.52. The number of non-ortho nitro benzene ring substituents is 1. The maximum atomic E-state index is 10.5. The predicted molar refractivity (Wildman–Crippen MR) is 58.1 cm³/mol. The van der Waals surface area contributed by atoms with Crippen molar-refractivity contribution in [3.05, 3.63) is 39.9 Å². The second-order valence-electron chi connectivity index (χ2n) is 4.41. The fraction of sp³-hybridized carbons (Fsp3) is 0.455. The van der Waals surface area contributed by atoms with E-state index in [0.717, 1.165) is 5.56 Å². The summed E-state index contributed by atoms with van der Waals surface area (Å²) >= 11 is 0. The zero-order valence-electron chi connectivity index (χ0n) is 9.20. The van der Waals surface area contributed by atoms with Crippen molar-refractivity contribution in [2.45, 2.75) is 25.9 Å². The number of nitrogens with zero attached hydrogens (tertiary/aromatic N) is 2. The lowest BCUT2D eigenvalue weighted by atomic mass is 10.0. The summed E-state index contributed by atoms with van der Waals surface area (Å²) in [6.45, 7) is 4.08. The Hall–Kier alpha value is -1.46. The van der Waals surface area contributed by atoms with Gasteiger partial charge in [0.25, 0.3) is 5.69 Å². The van der Waals surface area contributed by atoms with Gasteiger partial charge in [-0.15, -0.1) is 0 Å². The highest BCUT2D eigenvalue weighted by molar-refractivity contribution is 5.36. The number of benzene rings is 1. The fourth-order valence-corrected chi connectivity index (χ4v) is 2.05. The average molecular weight is 222 g/mol. The fourth-order valence-electron chi connectivity index (χ4n) is 2.05. The maximum absolute atomic E-state index is 10.5. The molecule has 1 aromatic carbocycles. The van der Waals surface area contributed by atoms with E-state index in [1.807, 2.05) is 13.8 Å². The van der Waals surface area contributed by atoms with E-state index in [1.165, 1.54) is 17.2 Å². The number of hydroxylamine groups is 2. The third-order valence-corrected chi connectivity index (χ3v) is 2.95. The van der Waals surface area contributed by atoms with Crippen LogP contribution in [-0.4, -0.2) is 21.2 Å². The summed E-state index contributed by atoms with van der Waals surface area (Å²) in [5.41, 5.74) is 1.00. The van der Waals surface area contributed by atoms with Gasteiger partial charge in [0.2, 0.25) is 0 Å². The SMILES string of the molecule is CC(C)C1C(c2ccc([N+](=O)[O-])cc2)N1O. The van der Waals surface area contributed by atoms with Gasteiger partial charge in [0, 0.05) is 12.1 Å². The van der Waals surface area contributed by atoms with Crippen LogP contribution in [0.25, 0.3) is 0 Å². The molecule has 3 unspecified atom stereocenters. The summed E-state index contributed by atoms with van der Waals surface area (Å²) in [6.07, 6.45) is 0. The van der Waals surface area contributed by atoms with Crippen LogP contribution in [-0.2, 0) is 0 Å². The monoisotopic (exact) mass is 222 g/mol. The Morgan fingerprint density at radius 2 is 1.94 bits per heavy atom. The molecule has 0 aliphatic carbocycles. The van der Waals surface area contributed by atoms with Crippen LogP contribution in [0.15, 0.2) is 24.3 Å². The summed E-state index contributed by atoms with van der Waals surface area (Å²) in [4.78, 5) is 10.1. The van der Waals surface area contributed by atoms with E-state index in [9.17, 15) is 15.3 Å². The topological polar surface area (TPSA) is 66.4 Å². The summed E-state index contributed by atoms with van der Waals surface area (Å²) in [5, 5.41) is 21.4. The molecule has 86 valence electrons. The minimum absolute atomic E-state index is 0.0131. The molecule has 0 amide bonds. The highest BCUT2D eigenvalue weighted by Gasteiger charge is 2.49. The van der Waals surface area contributed by atoms with Gasteiger partial charge in [0.05, 0.1) is 17.0 Å². The Morgan fingerprint density at radius 1 is 1.38 bits per heavy atom. The molecule has 0 bridgehead atoms. The van der Waals surface area contributed by atoms with Crippen LogP contribution < -0.4 is 0 Å². The lowest BCUT2D eigenvalue weighted by Gasteiger charge is -1.99. The molecule has 1 aliphatic heterocycles. The Balaban J connectivity index is 2.15. The van der Waals surface area contributed by atoms with E-state index in [1.54, 1.807) is 12.1 Å². The van der Waals surface area contributed by atoms with Crippen molar-refractivity contribution >= 4 is 5.69 Å². The molecule has 1 fully saturated rings. The molecule has 0 aromatic heterocycles. The van der Waals surface area contributed by atoms with Crippen LogP contribution in [0.4, 0.5) is 5.69 Å². The van der Waals surface area contributed by atoms with Crippen LogP contribution >= 0.6 is 0 Å². The molecule has 5 nitrogen and oxygen atoms in total. The molecule has 0 spiro atoms. The minimum atomic E-state index is -0.423. The summed E-state index contributed by atoms with van der Waals surface area (Å²) in [7, 11) is 0. The van der Waals surface area contributed by atoms with E-state index in [0.29, 0.717) is 5.92 Å². The number of nitro groups is 1. The standard InChI is InChI=1S/C11H14N2O3/c1-7(2)10-11(12(10)14)8-3-5-9(6-4-8)13(15)16/h3-7,10-11,14H,1-2H3. The van der Waals surface area contributed by atoms with Gasteiger partial charge in [-0.3, -0.25) is 10.1 Å². The van der Waals surface area contributed by atoms with Gasteiger partial charge < -0.3 is 5.21 Å². The molecular formula is C11H14N2O3. The van der Waals surface area contributed by atoms with E-state index in [-0.39, 0.29) is 17.8 Å². The normalized spacial score (nSPS) is 28.1. The van der Waals surface area contributed by atoms with Gasteiger partial charge in [-0.05, 0) is 11.5 Å². The minimum Gasteiger partial charge on any atom is -0.313 e. The van der Waals surface area contributed by atoms with Crippen molar-refractivity contribution < 1.29 is 10.1 Å². The summed E-state index contributed by atoms with van der Waals surface area (Å²) in [5.74, 6) is 0.366. The van der Waals surface area contributed by atoms with E-state index < -0.39 is 4.92 Å². The Morgan fingerprint density at radius 3 is 2.31 bits per heavy atom. The molecule has 1 saturated heterocycles. The second kappa shape index (κ2) is 3.84. The molecule has 0 radical (unpaired) electrons. The zero-order chi connectivity index (χ0) is 11.9. The van der Waals surface area contributed by atoms with Crippen molar-refractivity contribution in [3.63, 3.8) is 0 Å². The molecule has 3 atom stereocenters. The van der Waals surface area contributed by atoms with Crippen molar-refractivity contribution in [2.75, 3.05) is 0 Å². The molecule has 1 N–H and O–H groups in total. The Kier molecular flexibility index (Phi) is 2.65. The predicted octanol–water partition coefficient (Wildman–Crippen LogP) is 2.37. The molecule has 2 rings (SSSR count). The number of rotatable bonds is 3. The molecule has 16 heavy (non-hydrogen) atoms.